The minimum atomic E-state index is 0.369. The number of H-pyrrole nitrogens is 2. The van der Waals surface area contributed by atoms with Crippen molar-refractivity contribution in [3.63, 3.8) is 0 Å². The number of fused-ring (bicyclic) bond motifs is 1. The molecule has 0 aliphatic carbocycles. The molecule has 0 aliphatic heterocycles. The first kappa shape index (κ1) is 11.2. The largest absolute Gasteiger partial charge is 0.369 e. The summed E-state index contributed by atoms with van der Waals surface area (Å²) in [4.78, 5) is 10.2. The van der Waals surface area contributed by atoms with E-state index in [1.165, 1.54) is 10.9 Å². The Morgan fingerprint density at radius 1 is 1.22 bits per heavy atom. The highest BCUT2D eigenvalue weighted by molar-refractivity contribution is 6.30. The Hall–Kier alpha value is -1.94. The Kier molecular flexibility index (Phi) is 2.72. The van der Waals surface area contributed by atoms with E-state index in [0.717, 1.165) is 24.1 Å². The number of nitrogens with zero attached hydrogens (tertiary/aromatic N) is 1. The molecule has 0 saturated carbocycles. The van der Waals surface area contributed by atoms with Crippen molar-refractivity contribution in [2.45, 2.75) is 12.8 Å². The summed E-state index contributed by atoms with van der Waals surface area (Å²) in [6, 6.07) is 8.25. The van der Waals surface area contributed by atoms with E-state index in [4.69, 9.17) is 17.3 Å². The van der Waals surface area contributed by atoms with Crippen LogP contribution in [0.5, 0.6) is 0 Å². The van der Waals surface area contributed by atoms with E-state index in [9.17, 15) is 0 Å². The van der Waals surface area contributed by atoms with Gasteiger partial charge in [-0.1, -0.05) is 29.8 Å². The average molecular weight is 261 g/mol. The molecular formula is C13H13ClN4. The van der Waals surface area contributed by atoms with Crippen molar-refractivity contribution < 1.29 is 0 Å². The molecule has 4 N–H and O–H groups in total. The normalized spacial score (nSPS) is 11.2. The van der Waals surface area contributed by atoms with Crippen LogP contribution in [0.1, 0.15) is 11.3 Å². The summed E-state index contributed by atoms with van der Waals surface area (Å²) >= 11 is 5.97. The highest BCUT2D eigenvalue weighted by atomic mass is 35.5. The lowest BCUT2D eigenvalue weighted by atomic mass is 10.1. The molecule has 0 atom stereocenters. The number of nitrogens with one attached hydrogen (secondary N) is 2. The van der Waals surface area contributed by atoms with Crippen molar-refractivity contribution >= 4 is 28.5 Å². The van der Waals surface area contributed by atoms with E-state index < -0.39 is 0 Å². The van der Waals surface area contributed by atoms with Crippen LogP contribution in [0.15, 0.2) is 30.5 Å². The second-order valence-corrected chi connectivity index (χ2v) is 4.61. The second kappa shape index (κ2) is 4.38. The van der Waals surface area contributed by atoms with Crippen LogP contribution < -0.4 is 5.73 Å². The van der Waals surface area contributed by atoms with Crippen LogP contribution in [0.2, 0.25) is 5.15 Å². The smallest absolute Gasteiger partial charge is 0.199 e. The zero-order chi connectivity index (χ0) is 12.5. The van der Waals surface area contributed by atoms with Crippen molar-refractivity contribution in [2.24, 2.45) is 0 Å². The zero-order valence-corrected chi connectivity index (χ0v) is 10.5. The highest BCUT2D eigenvalue weighted by Gasteiger charge is 2.08. The molecule has 0 bridgehead atoms. The molecule has 92 valence electrons. The quantitative estimate of drug-likeness (QED) is 0.678. The van der Waals surface area contributed by atoms with Crippen LogP contribution in [-0.2, 0) is 12.8 Å². The molecule has 0 amide bonds. The van der Waals surface area contributed by atoms with Gasteiger partial charge in [-0.3, -0.25) is 0 Å². The molecule has 4 nitrogen and oxygen atoms in total. The Morgan fingerprint density at radius 2 is 2.06 bits per heavy atom. The molecule has 2 heterocycles. The van der Waals surface area contributed by atoms with E-state index in [2.05, 4.69) is 27.1 Å². The number of rotatable bonds is 3. The van der Waals surface area contributed by atoms with Crippen LogP contribution in [0.4, 0.5) is 5.95 Å². The molecular weight excluding hydrogens is 248 g/mol. The number of nitrogens with two attached hydrogens (primary N) is 1. The molecule has 0 radical (unpaired) electrons. The molecule has 3 aromatic rings. The molecule has 0 fully saturated rings. The van der Waals surface area contributed by atoms with Gasteiger partial charge < -0.3 is 15.7 Å². The molecule has 2 aromatic heterocycles. The minimum absolute atomic E-state index is 0.369. The number of hydrogen-bond donors (Lipinski definition) is 3. The van der Waals surface area contributed by atoms with Gasteiger partial charge in [0.25, 0.3) is 0 Å². The maximum Gasteiger partial charge on any atom is 0.199 e. The predicted molar refractivity (Wildman–Crippen MR) is 73.7 cm³/mol. The van der Waals surface area contributed by atoms with Gasteiger partial charge in [-0.15, -0.1) is 0 Å². The standard InChI is InChI=1S/C13H13ClN4/c14-12-11(17-13(15)18-12)6-5-8-7-16-10-4-2-1-3-9(8)10/h1-4,7,16H,5-6H2,(H3,15,17,18). The van der Waals surface area contributed by atoms with Gasteiger partial charge in [-0.25, -0.2) is 4.98 Å². The first-order valence-electron chi connectivity index (χ1n) is 5.79. The third kappa shape index (κ3) is 1.95. The summed E-state index contributed by atoms with van der Waals surface area (Å²) in [6.07, 6.45) is 3.73. The Balaban J connectivity index is 1.83. The zero-order valence-electron chi connectivity index (χ0n) is 9.70. The Morgan fingerprint density at radius 3 is 2.83 bits per heavy atom. The van der Waals surface area contributed by atoms with Gasteiger partial charge in [0.05, 0.1) is 5.69 Å². The van der Waals surface area contributed by atoms with Gasteiger partial charge in [0.1, 0.15) is 0 Å². The maximum absolute atomic E-state index is 5.97. The average Bonchev–Trinajstić information content (AvgIpc) is 2.90. The van der Waals surface area contributed by atoms with Gasteiger partial charge in [0.2, 0.25) is 0 Å². The van der Waals surface area contributed by atoms with Crippen LogP contribution in [0.25, 0.3) is 10.9 Å². The molecule has 3 rings (SSSR count). The van der Waals surface area contributed by atoms with Crippen molar-refractivity contribution in [2.75, 3.05) is 5.73 Å². The first-order valence-corrected chi connectivity index (χ1v) is 6.16. The lowest BCUT2D eigenvalue weighted by Gasteiger charge is -1.98. The molecule has 0 spiro atoms. The summed E-state index contributed by atoms with van der Waals surface area (Å²) in [5.41, 5.74) is 8.88. The van der Waals surface area contributed by atoms with Crippen LogP contribution >= 0.6 is 11.6 Å². The molecule has 0 aliphatic rings. The summed E-state index contributed by atoms with van der Waals surface area (Å²) in [6.45, 7) is 0. The topological polar surface area (TPSA) is 70.5 Å². The van der Waals surface area contributed by atoms with E-state index >= 15 is 0 Å². The SMILES string of the molecule is Nc1nc(Cl)c(CCc2c[nH]c3ccccc23)[nH]1. The number of anilines is 1. The Bertz CT molecular complexity index is 683. The van der Waals surface area contributed by atoms with E-state index in [-0.39, 0.29) is 0 Å². The van der Waals surface area contributed by atoms with E-state index in [1.807, 2.05) is 18.3 Å². The van der Waals surface area contributed by atoms with Gasteiger partial charge in [-0.2, -0.15) is 0 Å². The number of halogens is 1. The summed E-state index contributed by atoms with van der Waals surface area (Å²) in [5, 5.41) is 1.72. The second-order valence-electron chi connectivity index (χ2n) is 4.25. The fraction of sp³-hybridized carbons (Fsp3) is 0.154. The monoisotopic (exact) mass is 260 g/mol. The summed E-state index contributed by atoms with van der Waals surface area (Å²) in [5.74, 6) is 0.369. The molecule has 18 heavy (non-hydrogen) atoms. The van der Waals surface area contributed by atoms with Crippen molar-refractivity contribution in [1.29, 1.82) is 0 Å². The van der Waals surface area contributed by atoms with Crippen LogP contribution in [-0.4, -0.2) is 15.0 Å². The van der Waals surface area contributed by atoms with Crippen molar-refractivity contribution in [1.82, 2.24) is 15.0 Å². The number of aromatic nitrogens is 3. The molecule has 5 heteroatoms. The maximum atomic E-state index is 5.97. The molecule has 1 aromatic carbocycles. The van der Waals surface area contributed by atoms with E-state index in [0.29, 0.717) is 11.1 Å². The van der Waals surface area contributed by atoms with Gasteiger partial charge in [0, 0.05) is 17.1 Å². The summed E-state index contributed by atoms with van der Waals surface area (Å²) < 4.78 is 0. The van der Waals surface area contributed by atoms with Gasteiger partial charge >= 0.3 is 0 Å². The molecule has 0 unspecified atom stereocenters. The number of aryl methyl sites for hydroxylation is 2. The lowest BCUT2D eigenvalue weighted by Crippen LogP contribution is -1.92. The number of nitrogen functional groups attached to an aromatic ring is 1. The summed E-state index contributed by atoms with van der Waals surface area (Å²) in [7, 11) is 0. The highest BCUT2D eigenvalue weighted by Crippen LogP contribution is 2.21. The number of hydrogen-bond acceptors (Lipinski definition) is 2. The van der Waals surface area contributed by atoms with Gasteiger partial charge in [-0.05, 0) is 24.5 Å². The Labute approximate surface area is 109 Å². The number of imidazole rings is 1. The third-order valence-corrected chi connectivity index (χ3v) is 3.38. The predicted octanol–water partition coefficient (Wildman–Crippen LogP) is 2.91. The minimum Gasteiger partial charge on any atom is -0.369 e. The number of para-hydroxylation sites is 1. The van der Waals surface area contributed by atoms with Crippen molar-refractivity contribution in [3.05, 3.63) is 46.9 Å². The van der Waals surface area contributed by atoms with Crippen LogP contribution in [0.3, 0.4) is 0 Å². The molecule has 0 saturated heterocycles. The van der Waals surface area contributed by atoms with Crippen LogP contribution in [0, 0.1) is 0 Å². The fourth-order valence-corrected chi connectivity index (χ4v) is 2.40. The van der Waals surface area contributed by atoms with Gasteiger partial charge in [0.15, 0.2) is 11.1 Å². The lowest BCUT2D eigenvalue weighted by molar-refractivity contribution is 0.933. The first-order chi connectivity index (χ1) is 8.74. The van der Waals surface area contributed by atoms with Crippen molar-refractivity contribution in [3.8, 4) is 0 Å². The van der Waals surface area contributed by atoms with E-state index in [1.54, 1.807) is 0 Å². The third-order valence-electron chi connectivity index (χ3n) is 3.07. The fourth-order valence-electron chi connectivity index (χ4n) is 2.17. The number of benzene rings is 1. The number of aromatic amines is 2.